The van der Waals surface area contributed by atoms with Gasteiger partial charge in [-0.1, -0.05) is 17.7 Å². The van der Waals surface area contributed by atoms with Gasteiger partial charge >= 0.3 is 0 Å². The summed E-state index contributed by atoms with van der Waals surface area (Å²) < 4.78 is 27.0. The molecule has 5 nitrogen and oxygen atoms in total. The topological polar surface area (TPSA) is 66.1 Å². The Labute approximate surface area is 151 Å². The second-order valence-electron chi connectivity index (χ2n) is 5.90. The van der Waals surface area contributed by atoms with Crippen molar-refractivity contribution in [3.63, 3.8) is 0 Å². The fourth-order valence-electron chi connectivity index (χ4n) is 3.07. The summed E-state index contributed by atoms with van der Waals surface area (Å²) in [5, 5.41) is 0.520. The highest BCUT2D eigenvalue weighted by Crippen LogP contribution is 2.30. The van der Waals surface area contributed by atoms with Crippen molar-refractivity contribution in [3.8, 4) is 0 Å². The van der Waals surface area contributed by atoms with Crippen molar-refractivity contribution in [2.75, 3.05) is 13.1 Å². The average Bonchev–Trinajstić information content (AvgIpc) is 3.06. The fraction of sp³-hybridized carbons (Fsp3) is 0.167. The van der Waals surface area contributed by atoms with E-state index in [1.807, 2.05) is 24.4 Å². The molecule has 0 aliphatic carbocycles. The van der Waals surface area contributed by atoms with Gasteiger partial charge < -0.3 is 4.98 Å². The molecule has 2 aromatic heterocycles. The highest BCUT2D eigenvalue weighted by atomic mass is 35.5. The number of rotatable bonds is 3. The van der Waals surface area contributed by atoms with Crippen molar-refractivity contribution < 1.29 is 8.42 Å². The maximum Gasteiger partial charge on any atom is 0.243 e. The van der Waals surface area contributed by atoms with Crippen LogP contribution >= 0.6 is 11.6 Å². The predicted molar refractivity (Wildman–Crippen MR) is 98.9 cm³/mol. The molecule has 0 saturated heterocycles. The van der Waals surface area contributed by atoms with Crippen LogP contribution in [0.5, 0.6) is 0 Å². The number of aromatic nitrogens is 2. The Bertz CT molecular complexity index is 1060. The van der Waals surface area contributed by atoms with Gasteiger partial charge in [0.15, 0.2) is 0 Å². The molecule has 25 heavy (non-hydrogen) atoms. The van der Waals surface area contributed by atoms with Gasteiger partial charge in [0.25, 0.3) is 0 Å². The first-order chi connectivity index (χ1) is 12.1. The molecule has 3 aromatic rings. The summed E-state index contributed by atoms with van der Waals surface area (Å²) in [5.41, 5.74) is 4.06. The molecule has 1 aliphatic heterocycles. The van der Waals surface area contributed by atoms with Crippen molar-refractivity contribution in [1.29, 1.82) is 0 Å². The third kappa shape index (κ3) is 2.97. The van der Waals surface area contributed by atoms with Crippen molar-refractivity contribution in [1.82, 2.24) is 14.3 Å². The molecule has 0 atom stereocenters. The van der Waals surface area contributed by atoms with Crippen LogP contribution in [0.4, 0.5) is 0 Å². The largest absolute Gasteiger partial charge is 0.359 e. The molecular formula is C18H16ClN3O2S. The van der Waals surface area contributed by atoms with Gasteiger partial charge in [0.1, 0.15) is 0 Å². The molecule has 1 aromatic carbocycles. The van der Waals surface area contributed by atoms with Gasteiger partial charge in [0.2, 0.25) is 10.0 Å². The molecule has 0 amide bonds. The average molecular weight is 374 g/mol. The SMILES string of the molecule is O=S(=O)(c1ccc(Cl)cc1)N1CC=C(c2c[nH]c3cccnc23)CC1. The van der Waals surface area contributed by atoms with E-state index in [0.717, 1.165) is 22.2 Å². The third-order valence-electron chi connectivity index (χ3n) is 4.40. The molecule has 0 spiro atoms. The van der Waals surface area contributed by atoms with Crippen molar-refractivity contribution in [2.45, 2.75) is 11.3 Å². The third-order valence-corrected chi connectivity index (χ3v) is 6.54. The standard InChI is InChI=1S/C18H16ClN3O2S/c19-14-3-5-15(6-4-14)25(23,24)22-10-7-13(8-11-22)16-12-21-17-2-1-9-20-18(16)17/h1-7,9,12,21H,8,10-11H2. The van der Waals surface area contributed by atoms with Crippen LogP contribution in [0, 0.1) is 0 Å². The summed E-state index contributed by atoms with van der Waals surface area (Å²) in [5.74, 6) is 0. The highest BCUT2D eigenvalue weighted by molar-refractivity contribution is 7.89. The lowest BCUT2D eigenvalue weighted by Crippen LogP contribution is -2.34. The Hall–Kier alpha value is -2.15. The monoisotopic (exact) mass is 373 g/mol. The van der Waals surface area contributed by atoms with Gasteiger partial charge in [0, 0.05) is 36.1 Å². The van der Waals surface area contributed by atoms with Crippen LogP contribution in [-0.4, -0.2) is 35.8 Å². The first-order valence-electron chi connectivity index (χ1n) is 7.93. The summed E-state index contributed by atoms with van der Waals surface area (Å²) >= 11 is 5.84. The summed E-state index contributed by atoms with van der Waals surface area (Å²) in [4.78, 5) is 7.90. The van der Waals surface area contributed by atoms with Gasteiger partial charge in [-0.05, 0) is 48.4 Å². The normalized spacial score (nSPS) is 16.1. The summed E-state index contributed by atoms with van der Waals surface area (Å²) in [6, 6.07) is 10.1. The second kappa shape index (κ2) is 6.29. The van der Waals surface area contributed by atoms with E-state index in [0.29, 0.717) is 24.5 Å². The number of hydrogen-bond acceptors (Lipinski definition) is 3. The molecule has 1 aliphatic rings. The maximum atomic E-state index is 12.7. The van der Waals surface area contributed by atoms with E-state index in [-0.39, 0.29) is 4.90 Å². The summed E-state index contributed by atoms with van der Waals surface area (Å²) in [6.07, 6.45) is 6.32. The molecule has 0 fully saturated rings. The van der Waals surface area contributed by atoms with E-state index in [1.54, 1.807) is 30.5 Å². The molecule has 0 unspecified atom stereocenters. The Kier molecular flexibility index (Phi) is 4.11. The van der Waals surface area contributed by atoms with Crippen molar-refractivity contribution in [3.05, 3.63) is 65.5 Å². The van der Waals surface area contributed by atoms with Gasteiger partial charge in [-0.25, -0.2) is 8.42 Å². The zero-order valence-corrected chi connectivity index (χ0v) is 14.9. The molecule has 0 radical (unpaired) electrons. The number of nitrogens with zero attached hydrogens (tertiary/aromatic N) is 2. The zero-order chi connectivity index (χ0) is 17.4. The lowest BCUT2D eigenvalue weighted by atomic mass is 10.0. The summed E-state index contributed by atoms with van der Waals surface area (Å²) in [6.45, 7) is 0.788. The Balaban J connectivity index is 1.60. The second-order valence-corrected chi connectivity index (χ2v) is 8.27. The number of halogens is 1. The lowest BCUT2D eigenvalue weighted by Gasteiger charge is -2.25. The number of pyridine rings is 1. The van der Waals surface area contributed by atoms with Crippen molar-refractivity contribution in [2.24, 2.45) is 0 Å². The molecule has 7 heteroatoms. The number of H-pyrrole nitrogens is 1. The highest BCUT2D eigenvalue weighted by Gasteiger charge is 2.27. The number of aromatic amines is 1. The first kappa shape index (κ1) is 16.3. The number of benzene rings is 1. The Morgan fingerprint density at radius 1 is 1.16 bits per heavy atom. The predicted octanol–water partition coefficient (Wildman–Crippen LogP) is 3.69. The van der Waals surface area contributed by atoms with Crippen molar-refractivity contribution >= 4 is 38.2 Å². The maximum absolute atomic E-state index is 12.7. The molecule has 4 rings (SSSR count). The van der Waals surface area contributed by atoms with E-state index in [9.17, 15) is 8.42 Å². The number of nitrogens with one attached hydrogen (secondary N) is 1. The zero-order valence-electron chi connectivity index (χ0n) is 13.3. The number of sulfonamides is 1. The van der Waals surface area contributed by atoms with Crippen LogP contribution in [0.2, 0.25) is 5.02 Å². The van der Waals surface area contributed by atoms with E-state index in [1.165, 1.54) is 4.31 Å². The molecule has 1 N–H and O–H groups in total. The van der Waals surface area contributed by atoms with E-state index in [4.69, 9.17) is 11.6 Å². The number of hydrogen-bond donors (Lipinski definition) is 1. The van der Waals surface area contributed by atoms with E-state index in [2.05, 4.69) is 9.97 Å². The van der Waals surface area contributed by atoms with Crippen LogP contribution in [0.25, 0.3) is 16.6 Å². The van der Waals surface area contributed by atoms with Crippen LogP contribution in [-0.2, 0) is 10.0 Å². The molecular weight excluding hydrogens is 358 g/mol. The summed E-state index contributed by atoms with van der Waals surface area (Å²) in [7, 11) is -3.51. The molecule has 128 valence electrons. The minimum absolute atomic E-state index is 0.266. The van der Waals surface area contributed by atoms with Crippen LogP contribution in [0.1, 0.15) is 12.0 Å². The Morgan fingerprint density at radius 2 is 1.96 bits per heavy atom. The lowest BCUT2D eigenvalue weighted by molar-refractivity contribution is 0.441. The van der Waals surface area contributed by atoms with Crippen LogP contribution < -0.4 is 0 Å². The molecule has 0 bridgehead atoms. The van der Waals surface area contributed by atoms with E-state index < -0.39 is 10.0 Å². The first-order valence-corrected chi connectivity index (χ1v) is 9.75. The van der Waals surface area contributed by atoms with E-state index >= 15 is 0 Å². The van der Waals surface area contributed by atoms with Gasteiger partial charge in [-0.2, -0.15) is 4.31 Å². The quantitative estimate of drug-likeness (QED) is 0.761. The van der Waals surface area contributed by atoms with Gasteiger partial charge in [0.05, 0.1) is 15.9 Å². The fourth-order valence-corrected chi connectivity index (χ4v) is 4.58. The molecule has 3 heterocycles. The minimum Gasteiger partial charge on any atom is -0.359 e. The smallest absolute Gasteiger partial charge is 0.243 e. The minimum atomic E-state index is -3.51. The Morgan fingerprint density at radius 3 is 2.68 bits per heavy atom. The van der Waals surface area contributed by atoms with Crippen LogP contribution in [0.15, 0.2) is 59.8 Å². The van der Waals surface area contributed by atoms with Crippen LogP contribution in [0.3, 0.4) is 0 Å². The van der Waals surface area contributed by atoms with Gasteiger partial charge in [-0.15, -0.1) is 0 Å². The molecule has 0 saturated carbocycles. The number of fused-ring (bicyclic) bond motifs is 1. The van der Waals surface area contributed by atoms with Gasteiger partial charge in [-0.3, -0.25) is 4.98 Å².